The number of likely N-dealkylation sites (tertiary alicyclic amines) is 1. The fourth-order valence-corrected chi connectivity index (χ4v) is 7.23. The summed E-state index contributed by atoms with van der Waals surface area (Å²) in [7, 11) is 3.32. The number of hydrogen-bond acceptors (Lipinski definition) is 3. The van der Waals surface area contributed by atoms with E-state index < -0.39 is 11.2 Å². The number of nitrogens with zero attached hydrogens (tertiary/aromatic N) is 3. The second kappa shape index (κ2) is 11.2. The van der Waals surface area contributed by atoms with E-state index >= 15 is 0 Å². The molecule has 2 aromatic carbocycles. The van der Waals surface area contributed by atoms with Crippen LogP contribution in [0, 0.1) is 5.92 Å². The zero-order valence-electron chi connectivity index (χ0n) is 24.5. The van der Waals surface area contributed by atoms with E-state index in [0.717, 1.165) is 60.0 Å². The van der Waals surface area contributed by atoms with Crippen molar-refractivity contribution in [3.8, 4) is 11.3 Å². The molecule has 1 N–H and O–H groups in total. The van der Waals surface area contributed by atoms with E-state index in [1.165, 1.54) is 40.4 Å². The third-order valence-electron chi connectivity index (χ3n) is 8.95. The molecule has 3 heterocycles. The zero-order valence-corrected chi connectivity index (χ0v) is 25.4. The van der Waals surface area contributed by atoms with Crippen molar-refractivity contribution >= 4 is 40.0 Å². The van der Waals surface area contributed by atoms with Crippen molar-refractivity contribution in [2.45, 2.75) is 64.8 Å². The van der Waals surface area contributed by atoms with Gasteiger partial charge in [0.25, 0.3) is 11.8 Å². The predicted molar refractivity (Wildman–Crippen MR) is 166 cm³/mol. The summed E-state index contributed by atoms with van der Waals surface area (Å²) in [6.45, 7) is 6.37. The van der Waals surface area contributed by atoms with Crippen LogP contribution in [0.5, 0.6) is 0 Å². The van der Waals surface area contributed by atoms with E-state index in [0.29, 0.717) is 23.9 Å². The summed E-state index contributed by atoms with van der Waals surface area (Å²) >= 11 is -1.62. The number of benzene rings is 2. The summed E-state index contributed by atoms with van der Waals surface area (Å²) in [5.74, 6) is 0.673. The summed E-state index contributed by atoms with van der Waals surface area (Å²) in [6, 6.07) is 12.5. The van der Waals surface area contributed by atoms with Gasteiger partial charge in [-0.1, -0.05) is 57.4 Å². The number of aromatic nitrogens is 1. The molecule has 1 saturated carbocycles. The van der Waals surface area contributed by atoms with Crippen LogP contribution in [0.25, 0.3) is 28.2 Å². The minimum Gasteiger partial charge on any atom is -0.338 e. The van der Waals surface area contributed by atoms with Gasteiger partial charge in [0.15, 0.2) is 11.2 Å². The summed E-state index contributed by atoms with van der Waals surface area (Å²) in [5.41, 5.74) is 8.21. The van der Waals surface area contributed by atoms with Gasteiger partial charge in [-0.25, -0.2) is 8.51 Å². The van der Waals surface area contributed by atoms with Crippen molar-refractivity contribution in [1.82, 2.24) is 18.5 Å². The Morgan fingerprint density at radius 2 is 1.80 bits per heavy atom. The maximum Gasteiger partial charge on any atom is 0.264 e. The lowest BCUT2D eigenvalue weighted by molar-refractivity contribution is -0.132. The minimum absolute atomic E-state index is 0.0974. The van der Waals surface area contributed by atoms with Gasteiger partial charge in [-0.15, -0.1) is 0 Å². The van der Waals surface area contributed by atoms with Gasteiger partial charge in [-0.2, -0.15) is 0 Å². The van der Waals surface area contributed by atoms with Crippen LogP contribution in [0.1, 0.15) is 78.9 Å². The molecule has 1 atom stereocenters. The minimum atomic E-state index is -1.62. The highest BCUT2D eigenvalue weighted by atomic mass is 32.2. The molecular formula is C33H40N4O3S. The molecule has 1 aliphatic carbocycles. The topological polar surface area (TPSA) is 74.6 Å². The molecule has 3 aromatic rings. The summed E-state index contributed by atoms with van der Waals surface area (Å²) in [4.78, 5) is 28.9. The number of amides is 2. The molecule has 41 heavy (non-hydrogen) atoms. The number of rotatable bonds is 6. The Labute approximate surface area is 245 Å². The Kier molecular flexibility index (Phi) is 7.64. The van der Waals surface area contributed by atoms with E-state index in [1.54, 1.807) is 14.1 Å². The fraction of sp³-hybridized carbons (Fsp3) is 0.455. The highest BCUT2D eigenvalue weighted by Crippen LogP contribution is 2.47. The first-order chi connectivity index (χ1) is 19.7. The number of fused-ring (bicyclic) bond motifs is 5. The van der Waals surface area contributed by atoms with Crippen molar-refractivity contribution in [1.29, 1.82) is 0 Å². The Hall–Kier alpha value is -3.23. The molecule has 216 valence electrons. The number of aryl methyl sites for hydroxylation is 1. The normalized spacial score (nSPS) is 18.4. The lowest BCUT2D eigenvalue weighted by Gasteiger charge is -2.37. The fourth-order valence-electron chi connectivity index (χ4n) is 6.77. The average molecular weight is 573 g/mol. The van der Waals surface area contributed by atoms with E-state index in [-0.39, 0.29) is 11.8 Å². The molecule has 1 unspecified atom stereocenters. The molecule has 1 aromatic heterocycles. The molecule has 2 amide bonds. The molecule has 1 saturated heterocycles. The number of hydrogen-bond donors (Lipinski definition) is 1. The molecule has 7 nitrogen and oxygen atoms in total. The Morgan fingerprint density at radius 1 is 1.05 bits per heavy atom. The first-order valence-corrected chi connectivity index (χ1v) is 16.0. The van der Waals surface area contributed by atoms with Crippen molar-refractivity contribution in [2.24, 2.45) is 5.92 Å². The first-order valence-electron chi connectivity index (χ1n) is 14.9. The summed E-state index contributed by atoms with van der Waals surface area (Å²) in [6.07, 6.45) is 9.02. The third kappa shape index (κ3) is 5.17. The third-order valence-corrected chi connectivity index (χ3v) is 9.98. The highest BCUT2D eigenvalue weighted by molar-refractivity contribution is 7.81. The van der Waals surface area contributed by atoms with E-state index in [1.807, 2.05) is 17.0 Å². The second-order valence-corrected chi connectivity index (χ2v) is 13.6. The van der Waals surface area contributed by atoms with Crippen LogP contribution in [-0.2, 0) is 28.9 Å². The SMILES string of the molecule is CCc1ccc2c(c1)C=C(C(=O)N1CC(C)C1)Cn1c-2c(C2CCCCC2)c2ccc(C(=O)NS(=O)N(C)C)cc21. The predicted octanol–water partition coefficient (Wildman–Crippen LogP) is 5.66. The van der Waals surface area contributed by atoms with Crippen molar-refractivity contribution in [3.05, 3.63) is 64.2 Å². The van der Waals surface area contributed by atoms with Crippen LogP contribution < -0.4 is 4.72 Å². The largest absolute Gasteiger partial charge is 0.338 e. The molecular weight excluding hydrogens is 532 g/mol. The average Bonchev–Trinajstić information content (AvgIpc) is 3.17. The molecule has 6 rings (SSSR count). The van der Waals surface area contributed by atoms with E-state index in [2.05, 4.69) is 53.5 Å². The van der Waals surface area contributed by atoms with Crippen molar-refractivity contribution < 1.29 is 13.8 Å². The summed E-state index contributed by atoms with van der Waals surface area (Å²) < 4.78 is 18.7. The van der Waals surface area contributed by atoms with Gasteiger partial charge in [-0.3, -0.25) is 14.3 Å². The second-order valence-electron chi connectivity index (χ2n) is 12.2. The van der Waals surface area contributed by atoms with Crippen molar-refractivity contribution in [2.75, 3.05) is 27.2 Å². The monoisotopic (exact) mass is 572 g/mol. The maximum absolute atomic E-state index is 13.8. The summed E-state index contributed by atoms with van der Waals surface area (Å²) in [5, 5.41) is 1.15. The number of nitrogens with one attached hydrogen (secondary N) is 1. The zero-order chi connectivity index (χ0) is 28.8. The van der Waals surface area contributed by atoms with Crippen LogP contribution in [-0.4, -0.2) is 57.0 Å². The molecule has 2 aliphatic heterocycles. The van der Waals surface area contributed by atoms with Crippen LogP contribution in [0.3, 0.4) is 0 Å². The van der Waals surface area contributed by atoms with Crippen LogP contribution in [0.4, 0.5) is 0 Å². The van der Waals surface area contributed by atoms with Gasteiger partial charge in [-0.05, 0) is 66.0 Å². The Morgan fingerprint density at radius 3 is 2.49 bits per heavy atom. The highest BCUT2D eigenvalue weighted by Gasteiger charge is 2.33. The molecule has 0 bridgehead atoms. The Balaban J connectivity index is 1.56. The quantitative estimate of drug-likeness (QED) is 0.414. The molecule has 8 heteroatoms. The lowest BCUT2D eigenvalue weighted by Crippen LogP contribution is -2.49. The van der Waals surface area contributed by atoms with Gasteiger partial charge in [0, 0.05) is 54.8 Å². The van der Waals surface area contributed by atoms with Crippen LogP contribution >= 0.6 is 0 Å². The van der Waals surface area contributed by atoms with Crippen LogP contribution in [0.15, 0.2) is 42.0 Å². The number of carbonyl (C=O) groups is 2. The van der Waals surface area contributed by atoms with E-state index in [9.17, 15) is 13.8 Å². The first kappa shape index (κ1) is 27.9. The van der Waals surface area contributed by atoms with E-state index in [4.69, 9.17) is 0 Å². The van der Waals surface area contributed by atoms with Crippen molar-refractivity contribution in [3.63, 3.8) is 0 Å². The molecule has 0 radical (unpaired) electrons. The molecule has 3 aliphatic rings. The molecule has 2 fully saturated rings. The van der Waals surface area contributed by atoms with Gasteiger partial charge >= 0.3 is 0 Å². The smallest absolute Gasteiger partial charge is 0.264 e. The van der Waals surface area contributed by atoms with Gasteiger partial charge in [0.2, 0.25) is 0 Å². The van der Waals surface area contributed by atoms with Gasteiger partial charge in [0.1, 0.15) is 0 Å². The van der Waals surface area contributed by atoms with Gasteiger partial charge < -0.3 is 9.47 Å². The molecule has 0 spiro atoms. The maximum atomic E-state index is 13.8. The standard InChI is InChI=1S/C33H40N4O3S/c1-5-22-11-13-27-25(15-22)16-26(33(39)36-18-21(2)19-36)20-37-29-17-24(32(38)34-41(40)35(3)4)12-14-28(29)30(31(27)37)23-9-7-6-8-10-23/h11-17,21,23H,5-10,18-20H2,1-4H3,(H,34,38). The number of carbonyl (C=O) groups excluding carboxylic acids is 2. The lowest BCUT2D eigenvalue weighted by atomic mass is 9.81. The van der Waals surface area contributed by atoms with Gasteiger partial charge in [0.05, 0.1) is 12.2 Å². The van der Waals surface area contributed by atoms with Crippen LogP contribution in [0.2, 0.25) is 0 Å². The Bertz CT molecular complexity index is 1570.